The van der Waals surface area contributed by atoms with Gasteiger partial charge in [0.15, 0.2) is 0 Å². The summed E-state index contributed by atoms with van der Waals surface area (Å²) < 4.78 is 25.3. The average Bonchev–Trinajstić information content (AvgIpc) is 2.56. The molecule has 0 aliphatic carbocycles. The average molecular weight is 360 g/mol. The molecular formula is C19H24N2O3S. The number of carbonyl (C=O) groups excluding carboxylic acids is 1. The van der Waals surface area contributed by atoms with Crippen molar-refractivity contribution in [1.29, 1.82) is 0 Å². The molecule has 0 spiro atoms. The second-order valence-electron chi connectivity index (χ2n) is 6.06. The molecule has 134 valence electrons. The van der Waals surface area contributed by atoms with Crippen LogP contribution in [0.25, 0.3) is 0 Å². The van der Waals surface area contributed by atoms with Crippen LogP contribution in [0.1, 0.15) is 17.5 Å². The van der Waals surface area contributed by atoms with Crippen LogP contribution in [0, 0.1) is 6.92 Å². The first-order chi connectivity index (χ1) is 11.8. The first-order valence-electron chi connectivity index (χ1n) is 8.20. The van der Waals surface area contributed by atoms with Gasteiger partial charge in [-0.2, -0.15) is 0 Å². The molecule has 0 heterocycles. The summed E-state index contributed by atoms with van der Waals surface area (Å²) in [5, 5.41) is 2.79. The minimum Gasteiger partial charge on any atom is -0.326 e. The lowest BCUT2D eigenvalue weighted by molar-refractivity contribution is -0.116. The van der Waals surface area contributed by atoms with E-state index >= 15 is 0 Å². The smallest absolute Gasteiger partial charge is 0.225 e. The van der Waals surface area contributed by atoms with Crippen molar-refractivity contribution in [3.8, 4) is 0 Å². The molecular weight excluding hydrogens is 336 g/mol. The number of rotatable bonds is 8. The van der Waals surface area contributed by atoms with E-state index in [-0.39, 0.29) is 18.9 Å². The van der Waals surface area contributed by atoms with Crippen LogP contribution in [0.15, 0.2) is 54.6 Å². The van der Waals surface area contributed by atoms with Crippen molar-refractivity contribution in [3.05, 3.63) is 65.7 Å². The molecule has 0 bridgehead atoms. The van der Waals surface area contributed by atoms with Crippen molar-refractivity contribution in [3.63, 3.8) is 0 Å². The van der Waals surface area contributed by atoms with Crippen LogP contribution < -0.4 is 5.32 Å². The Morgan fingerprint density at radius 2 is 1.64 bits per heavy atom. The lowest BCUT2D eigenvalue weighted by atomic mass is 10.1. The Hall–Kier alpha value is -2.18. The number of benzene rings is 2. The quantitative estimate of drug-likeness (QED) is 0.787. The maximum atomic E-state index is 12.1. The van der Waals surface area contributed by atoms with Gasteiger partial charge in [-0.05, 0) is 31.0 Å². The van der Waals surface area contributed by atoms with Crippen molar-refractivity contribution in [1.82, 2.24) is 4.31 Å². The number of carbonyl (C=O) groups is 1. The van der Waals surface area contributed by atoms with E-state index in [1.54, 1.807) is 0 Å². The van der Waals surface area contributed by atoms with Gasteiger partial charge in [-0.25, -0.2) is 12.7 Å². The van der Waals surface area contributed by atoms with Gasteiger partial charge in [0, 0.05) is 25.2 Å². The maximum absolute atomic E-state index is 12.1. The Balaban J connectivity index is 1.89. The fourth-order valence-electron chi connectivity index (χ4n) is 2.43. The van der Waals surface area contributed by atoms with Gasteiger partial charge in [-0.15, -0.1) is 0 Å². The largest absolute Gasteiger partial charge is 0.326 e. The molecule has 0 aliphatic rings. The summed E-state index contributed by atoms with van der Waals surface area (Å²) in [5.41, 5.74) is 2.90. The molecule has 0 saturated heterocycles. The topological polar surface area (TPSA) is 66.5 Å². The third-order valence-electron chi connectivity index (χ3n) is 3.89. The Morgan fingerprint density at radius 1 is 1.00 bits per heavy atom. The molecule has 1 N–H and O–H groups in total. The molecule has 0 aliphatic heterocycles. The summed E-state index contributed by atoms with van der Waals surface area (Å²) in [5.74, 6) is -0.197. The van der Waals surface area contributed by atoms with Crippen LogP contribution in [-0.4, -0.2) is 38.0 Å². The molecule has 2 aromatic carbocycles. The first kappa shape index (κ1) is 19.1. The van der Waals surface area contributed by atoms with Crippen LogP contribution in [0.2, 0.25) is 0 Å². The highest BCUT2D eigenvalue weighted by Gasteiger charge is 2.17. The zero-order valence-corrected chi connectivity index (χ0v) is 15.4. The highest BCUT2D eigenvalue weighted by molar-refractivity contribution is 7.88. The zero-order valence-electron chi connectivity index (χ0n) is 14.6. The summed E-state index contributed by atoms with van der Waals surface area (Å²) in [6.07, 6.45) is 1.92. The Bertz CT molecular complexity index is 787. The van der Waals surface area contributed by atoms with E-state index < -0.39 is 10.0 Å². The normalized spacial score (nSPS) is 11.5. The summed E-state index contributed by atoms with van der Waals surface area (Å²) in [6.45, 7) is 2.51. The monoisotopic (exact) mass is 360 g/mol. The second kappa shape index (κ2) is 8.78. The van der Waals surface area contributed by atoms with Gasteiger partial charge < -0.3 is 5.32 Å². The van der Waals surface area contributed by atoms with Crippen LogP contribution in [0.3, 0.4) is 0 Å². The number of aryl methyl sites for hydroxylation is 1. The molecule has 5 nitrogen and oxygen atoms in total. The fraction of sp³-hybridized carbons (Fsp3) is 0.316. The lowest BCUT2D eigenvalue weighted by Crippen LogP contribution is -2.34. The highest BCUT2D eigenvalue weighted by atomic mass is 32.2. The van der Waals surface area contributed by atoms with E-state index in [0.29, 0.717) is 18.7 Å². The molecule has 0 radical (unpaired) electrons. The van der Waals surface area contributed by atoms with Gasteiger partial charge in [0.1, 0.15) is 0 Å². The van der Waals surface area contributed by atoms with Crippen molar-refractivity contribution in [2.24, 2.45) is 0 Å². The number of amides is 1. The molecule has 6 heteroatoms. The molecule has 0 fully saturated rings. The number of sulfonamides is 1. The third-order valence-corrected chi connectivity index (χ3v) is 5.19. The number of nitrogens with one attached hydrogen (secondary N) is 1. The van der Waals surface area contributed by atoms with Gasteiger partial charge in [-0.1, -0.05) is 48.0 Å². The predicted octanol–water partition coefficient (Wildman–Crippen LogP) is 2.83. The minimum atomic E-state index is -3.36. The lowest BCUT2D eigenvalue weighted by Gasteiger charge is -2.19. The number of hydrogen-bond acceptors (Lipinski definition) is 3. The second-order valence-corrected chi connectivity index (χ2v) is 8.04. The maximum Gasteiger partial charge on any atom is 0.225 e. The van der Waals surface area contributed by atoms with Gasteiger partial charge in [0.25, 0.3) is 0 Å². The van der Waals surface area contributed by atoms with Crippen LogP contribution >= 0.6 is 0 Å². The number of anilines is 1. The molecule has 1 amide bonds. The minimum absolute atomic E-state index is 0.121. The van der Waals surface area contributed by atoms with Crippen LogP contribution in [0.4, 0.5) is 5.69 Å². The van der Waals surface area contributed by atoms with E-state index in [9.17, 15) is 13.2 Å². The van der Waals surface area contributed by atoms with Crippen molar-refractivity contribution in [2.75, 3.05) is 24.7 Å². The zero-order chi connectivity index (χ0) is 18.3. The Kier molecular flexibility index (Phi) is 6.73. The van der Waals surface area contributed by atoms with Gasteiger partial charge in [0.2, 0.25) is 15.9 Å². The van der Waals surface area contributed by atoms with E-state index in [1.807, 2.05) is 61.5 Å². The standard InChI is InChI=1S/C19H24N2O3S/c1-16-8-10-18(11-9-16)20-19(22)13-15-21(25(2,23)24)14-12-17-6-4-3-5-7-17/h3-11H,12-15H2,1-2H3,(H,20,22). The van der Waals surface area contributed by atoms with E-state index in [0.717, 1.165) is 11.1 Å². The third kappa shape index (κ3) is 6.68. The Morgan fingerprint density at radius 3 is 2.24 bits per heavy atom. The highest BCUT2D eigenvalue weighted by Crippen LogP contribution is 2.10. The van der Waals surface area contributed by atoms with E-state index in [4.69, 9.17) is 0 Å². The predicted molar refractivity (Wildman–Crippen MR) is 101 cm³/mol. The summed E-state index contributed by atoms with van der Waals surface area (Å²) in [7, 11) is -3.36. The van der Waals surface area contributed by atoms with Crippen LogP contribution in [-0.2, 0) is 21.2 Å². The van der Waals surface area contributed by atoms with Crippen LogP contribution in [0.5, 0.6) is 0 Å². The molecule has 2 aromatic rings. The number of hydrogen-bond donors (Lipinski definition) is 1. The van der Waals surface area contributed by atoms with Crippen molar-refractivity contribution >= 4 is 21.6 Å². The van der Waals surface area contributed by atoms with Gasteiger partial charge in [0.05, 0.1) is 6.26 Å². The van der Waals surface area contributed by atoms with Gasteiger partial charge >= 0.3 is 0 Å². The van der Waals surface area contributed by atoms with Gasteiger partial charge in [-0.3, -0.25) is 4.79 Å². The SMILES string of the molecule is Cc1ccc(NC(=O)CCN(CCc2ccccc2)S(C)(=O)=O)cc1. The molecule has 0 aromatic heterocycles. The molecule has 2 rings (SSSR count). The summed E-state index contributed by atoms with van der Waals surface area (Å²) in [6, 6.07) is 17.2. The first-order valence-corrected chi connectivity index (χ1v) is 10.0. The molecule has 25 heavy (non-hydrogen) atoms. The van der Waals surface area contributed by atoms with Crippen molar-refractivity contribution < 1.29 is 13.2 Å². The van der Waals surface area contributed by atoms with E-state index in [2.05, 4.69) is 5.32 Å². The van der Waals surface area contributed by atoms with E-state index in [1.165, 1.54) is 10.6 Å². The molecule has 0 unspecified atom stereocenters. The Labute approximate surface area is 149 Å². The molecule has 0 atom stereocenters. The number of nitrogens with zero attached hydrogens (tertiary/aromatic N) is 1. The molecule has 0 saturated carbocycles. The fourth-order valence-corrected chi connectivity index (χ4v) is 3.27. The summed E-state index contributed by atoms with van der Waals surface area (Å²) >= 11 is 0. The summed E-state index contributed by atoms with van der Waals surface area (Å²) in [4.78, 5) is 12.1. The van der Waals surface area contributed by atoms with Crippen molar-refractivity contribution in [2.45, 2.75) is 19.8 Å².